The Kier molecular flexibility index (Phi) is 7.82. The average Bonchev–Trinajstić information content (AvgIpc) is 3.06. The molecule has 2 N–H and O–H groups in total. The summed E-state index contributed by atoms with van der Waals surface area (Å²) in [6.07, 6.45) is 4.31. The first-order valence-corrected chi connectivity index (χ1v) is 9.11. The molecular formula is C18H31N5O. The third-order valence-electron chi connectivity index (χ3n) is 4.29. The van der Waals surface area contributed by atoms with Gasteiger partial charge in [-0.3, -0.25) is 4.90 Å². The molecule has 134 valence electrons. The second-order valence-corrected chi connectivity index (χ2v) is 5.90. The van der Waals surface area contributed by atoms with E-state index in [1.165, 1.54) is 19.4 Å². The van der Waals surface area contributed by atoms with Gasteiger partial charge in [0.2, 0.25) is 5.88 Å². The molecule has 1 fully saturated rings. The summed E-state index contributed by atoms with van der Waals surface area (Å²) in [5.41, 5.74) is 1.01. The zero-order valence-corrected chi connectivity index (χ0v) is 15.2. The number of likely N-dealkylation sites (N-methyl/N-ethyl adjacent to an activating group) is 1. The van der Waals surface area contributed by atoms with Crippen LogP contribution in [0.15, 0.2) is 23.3 Å². The molecule has 0 aromatic carbocycles. The number of nitrogens with one attached hydrogen (secondary N) is 2. The maximum absolute atomic E-state index is 5.57. The number of likely N-dealkylation sites (tertiary alicyclic amines) is 1. The van der Waals surface area contributed by atoms with Crippen LogP contribution in [0.3, 0.4) is 0 Å². The second kappa shape index (κ2) is 10.1. The lowest BCUT2D eigenvalue weighted by molar-refractivity contribution is 0.267. The van der Waals surface area contributed by atoms with Crippen molar-refractivity contribution in [1.29, 1.82) is 0 Å². The van der Waals surface area contributed by atoms with Gasteiger partial charge in [-0.2, -0.15) is 0 Å². The number of hydrogen-bond donors (Lipinski definition) is 2. The molecule has 0 radical (unpaired) electrons. The molecule has 1 aromatic rings. The molecule has 1 aromatic heterocycles. The Balaban J connectivity index is 1.95. The Labute approximate surface area is 145 Å². The molecule has 24 heavy (non-hydrogen) atoms. The minimum absolute atomic E-state index is 0.556. The molecule has 0 bridgehead atoms. The summed E-state index contributed by atoms with van der Waals surface area (Å²) in [6.45, 7) is 11.6. The number of nitrogens with zero attached hydrogens (tertiary/aromatic N) is 3. The summed E-state index contributed by atoms with van der Waals surface area (Å²) in [5.74, 6) is 1.53. The molecule has 2 rings (SSSR count). The summed E-state index contributed by atoms with van der Waals surface area (Å²) < 4.78 is 5.57. The topological polar surface area (TPSA) is 61.8 Å². The van der Waals surface area contributed by atoms with Crippen LogP contribution in [0.25, 0.3) is 0 Å². The Hall–Kier alpha value is -1.82. The average molecular weight is 333 g/mol. The summed E-state index contributed by atoms with van der Waals surface area (Å²) in [4.78, 5) is 11.5. The third-order valence-corrected chi connectivity index (χ3v) is 4.29. The van der Waals surface area contributed by atoms with E-state index in [1.54, 1.807) is 6.20 Å². The van der Waals surface area contributed by atoms with Gasteiger partial charge >= 0.3 is 0 Å². The Morgan fingerprint density at radius 2 is 2.25 bits per heavy atom. The maximum atomic E-state index is 5.57. The summed E-state index contributed by atoms with van der Waals surface area (Å²) in [5, 5.41) is 6.80. The van der Waals surface area contributed by atoms with E-state index in [4.69, 9.17) is 9.73 Å². The zero-order valence-electron chi connectivity index (χ0n) is 15.2. The summed E-state index contributed by atoms with van der Waals surface area (Å²) in [6, 6.07) is 4.54. The highest BCUT2D eigenvalue weighted by Crippen LogP contribution is 2.16. The molecule has 6 nitrogen and oxygen atoms in total. The first-order chi connectivity index (χ1) is 11.8. The molecule has 2 heterocycles. The summed E-state index contributed by atoms with van der Waals surface area (Å²) >= 11 is 0. The molecule has 1 unspecified atom stereocenters. The first-order valence-electron chi connectivity index (χ1n) is 9.11. The van der Waals surface area contributed by atoms with Gasteiger partial charge in [0.1, 0.15) is 0 Å². The first kappa shape index (κ1) is 18.5. The van der Waals surface area contributed by atoms with Gasteiger partial charge in [0.15, 0.2) is 5.96 Å². The second-order valence-electron chi connectivity index (χ2n) is 5.90. The molecule has 1 atom stereocenters. The van der Waals surface area contributed by atoms with Crippen LogP contribution >= 0.6 is 0 Å². The van der Waals surface area contributed by atoms with Crippen LogP contribution < -0.4 is 15.4 Å². The van der Waals surface area contributed by atoms with Crippen molar-refractivity contribution in [2.75, 3.05) is 32.8 Å². The fraction of sp³-hybridized carbons (Fsp3) is 0.667. The third kappa shape index (κ3) is 5.37. The zero-order chi connectivity index (χ0) is 17.2. The fourth-order valence-corrected chi connectivity index (χ4v) is 3.07. The van der Waals surface area contributed by atoms with Gasteiger partial charge in [-0.05, 0) is 45.8 Å². The van der Waals surface area contributed by atoms with Gasteiger partial charge in [-0.25, -0.2) is 9.98 Å². The van der Waals surface area contributed by atoms with Crippen LogP contribution in [0.5, 0.6) is 5.88 Å². The van der Waals surface area contributed by atoms with Gasteiger partial charge in [-0.1, -0.05) is 13.0 Å². The van der Waals surface area contributed by atoms with E-state index in [2.05, 4.69) is 34.4 Å². The van der Waals surface area contributed by atoms with Crippen LogP contribution in [0.2, 0.25) is 0 Å². The molecule has 1 saturated heterocycles. The van der Waals surface area contributed by atoms with Crippen molar-refractivity contribution in [3.63, 3.8) is 0 Å². The van der Waals surface area contributed by atoms with E-state index in [-0.39, 0.29) is 0 Å². The Morgan fingerprint density at radius 3 is 3.00 bits per heavy atom. The van der Waals surface area contributed by atoms with Crippen molar-refractivity contribution in [2.24, 2.45) is 4.99 Å². The van der Waals surface area contributed by atoms with E-state index in [0.29, 0.717) is 25.1 Å². The smallest absolute Gasteiger partial charge is 0.218 e. The van der Waals surface area contributed by atoms with Crippen molar-refractivity contribution in [3.05, 3.63) is 23.9 Å². The minimum Gasteiger partial charge on any atom is -0.478 e. The number of aliphatic imine (C=N–C) groups is 1. The minimum atomic E-state index is 0.556. The van der Waals surface area contributed by atoms with Crippen molar-refractivity contribution in [1.82, 2.24) is 20.5 Å². The number of ether oxygens (including phenoxy) is 1. The highest BCUT2D eigenvalue weighted by atomic mass is 16.5. The number of rotatable bonds is 8. The molecule has 1 aliphatic rings. The highest BCUT2D eigenvalue weighted by Gasteiger charge is 2.22. The van der Waals surface area contributed by atoms with Crippen LogP contribution in [-0.4, -0.2) is 54.7 Å². The molecule has 0 aliphatic carbocycles. The summed E-state index contributed by atoms with van der Waals surface area (Å²) in [7, 11) is 0. The van der Waals surface area contributed by atoms with Crippen LogP contribution in [-0.2, 0) is 6.54 Å². The molecular weight excluding hydrogens is 302 g/mol. The van der Waals surface area contributed by atoms with Gasteiger partial charge in [-0.15, -0.1) is 0 Å². The number of hydrogen-bond acceptors (Lipinski definition) is 4. The van der Waals surface area contributed by atoms with Crippen LogP contribution in [0.4, 0.5) is 0 Å². The SMILES string of the molecule is CCNC(=NCc1cccnc1OCC)NCC1CCCN1CC. The molecule has 0 amide bonds. The van der Waals surface area contributed by atoms with Gasteiger partial charge < -0.3 is 15.4 Å². The molecule has 0 saturated carbocycles. The largest absolute Gasteiger partial charge is 0.478 e. The van der Waals surface area contributed by atoms with Crippen molar-refractivity contribution in [3.8, 4) is 5.88 Å². The lowest BCUT2D eigenvalue weighted by Crippen LogP contribution is -2.44. The monoisotopic (exact) mass is 333 g/mol. The van der Waals surface area contributed by atoms with E-state index in [0.717, 1.165) is 31.2 Å². The normalized spacial score (nSPS) is 18.6. The lowest BCUT2D eigenvalue weighted by atomic mass is 10.2. The predicted molar refractivity (Wildman–Crippen MR) is 98.5 cm³/mol. The predicted octanol–water partition coefficient (Wildman–Crippen LogP) is 2.02. The maximum Gasteiger partial charge on any atom is 0.218 e. The highest BCUT2D eigenvalue weighted by molar-refractivity contribution is 5.79. The van der Waals surface area contributed by atoms with Crippen molar-refractivity contribution >= 4 is 5.96 Å². The van der Waals surface area contributed by atoms with E-state index in [9.17, 15) is 0 Å². The van der Waals surface area contributed by atoms with Crippen LogP contribution in [0, 0.1) is 0 Å². The fourth-order valence-electron chi connectivity index (χ4n) is 3.07. The van der Waals surface area contributed by atoms with Crippen LogP contribution in [0.1, 0.15) is 39.2 Å². The number of aromatic nitrogens is 1. The van der Waals surface area contributed by atoms with Gasteiger partial charge in [0, 0.05) is 30.9 Å². The Morgan fingerprint density at radius 1 is 1.38 bits per heavy atom. The van der Waals surface area contributed by atoms with E-state index < -0.39 is 0 Å². The number of guanidine groups is 1. The van der Waals surface area contributed by atoms with Gasteiger partial charge in [0.05, 0.1) is 13.2 Å². The Bertz CT molecular complexity index is 520. The number of pyridine rings is 1. The lowest BCUT2D eigenvalue weighted by Gasteiger charge is -2.24. The molecule has 0 spiro atoms. The van der Waals surface area contributed by atoms with Gasteiger partial charge in [0.25, 0.3) is 0 Å². The van der Waals surface area contributed by atoms with Crippen molar-refractivity contribution < 1.29 is 4.74 Å². The molecule has 6 heteroatoms. The molecule has 1 aliphatic heterocycles. The quantitative estimate of drug-likeness (QED) is 0.563. The van der Waals surface area contributed by atoms with Crippen molar-refractivity contribution in [2.45, 2.75) is 46.2 Å². The van der Waals surface area contributed by atoms with E-state index in [1.807, 2.05) is 19.1 Å². The van der Waals surface area contributed by atoms with E-state index >= 15 is 0 Å². The standard InChI is InChI=1S/C18H31N5O/c1-4-19-18(22-14-16-10-8-12-23(16)5-2)21-13-15-9-7-11-20-17(15)24-6-3/h7,9,11,16H,4-6,8,10,12-14H2,1-3H3,(H2,19,21,22).